The molecule has 140 valence electrons. The summed E-state index contributed by atoms with van der Waals surface area (Å²) in [5, 5.41) is 3.09. The van der Waals surface area contributed by atoms with Crippen LogP contribution in [0.3, 0.4) is 0 Å². The first-order valence-corrected chi connectivity index (χ1v) is 8.38. The van der Waals surface area contributed by atoms with Gasteiger partial charge in [0, 0.05) is 32.4 Å². The highest BCUT2D eigenvalue weighted by molar-refractivity contribution is 6.32. The molecule has 1 unspecified atom stereocenters. The lowest BCUT2D eigenvalue weighted by Crippen LogP contribution is -2.49. The van der Waals surface area contributed by atoms with Gasteiger partial charge in [0.2, 0.25) is 0 Å². The number of alkyl halides is 3. The first-order valence-electron chi connectivity index (χ1n) is 8.00. The lowest BCUT2D eigenvalue weighted by atomic mass is 10.2. The van der Waals surface area contributed by atoms with Crippen molar-refractivity contribution >= 4 is 23.7 Å². The normalized spacial score (nSPS) is 17.3. The van der Waals surface area contributed by atoms with E-state index in [9.17, 15) is 18.0 Å². The maximum absolute atomic E-state index is 13.0. The molecule has 1 aliphatic heterocycles. The van der Waals surface area contributed by atoms with Crippen LogP contribution in [0.5, 0.6) is 0 Å². The second-order valence-electron chi connectivity index (χ2n) is 5.95. The average molecular weight is 388 g/mol. The number of carbonyl (C=O) groups is 1. The minimum atomic E-state index is -4.67. The molecule has 1 saturated heterocycles. The van der Waals surface area contributed by atoms with E-state index in [1.54, 1.807) is 11.1 Å². The monoisotopic (exact) mass is 387 g/mol. The SMILES string of the molecule is Cc1c(Cl)c(C(F)(F)F)nn1C(C=O)N1CCN(c2ccccn2)CC1. The zero-order valence-corrected chi connectivity index (χ0v) is 14.7. The molecule has 0 bridgehead atoms. The largest absolute Gasteiger partial charge is 0.436 e. The van der Waals surface area contributed by atoms with Crippen molar-refractivity contribution in [2.45, 2.75) is 19.3 Å². The van der Waals surface area contributed by atoms with Gasteiger partial charge in [-0.25, -0.2) is 9.67 Å². The molecule has 2 aromatic heterocycles. The molecule has 0 aliphatic carbocycles. The summed E-state index contributed by atoms with van der Waals surface area (Å²) in [5.41, 5.74) is -1.06. The predicted molar refractivity (Wildman–Crippen MR) is 90.1 cm³/mol. The van der Waals surface area contributed by atoms with Crippen LogP contribution < -0.4 is 4.90 Å². The number of anilines is 1. The third kappa shape index (κ3) is 3.54. The maximum Gasteiger partial charge on any atom is 0.436 e. The summed E-state index contributed by atoms with van der Waals surface area (Å²) in [4.78, 5) is 19.7. The third-order valence-electron chi connectivity index (χ3n) is 4.38. The van der Waals surface area contributed by atoms with Gasteiger partial charge in [0.25, 0.3) is 0 Å². The Morgan fingerprint density at radius 2 is 1.92 bits per heavy atom. The second kappa shape index (κ2) is 7.24. The fourth-order valence-electron chi connectivity index (χ4n) is 2.99. The molecule has 0 radical (unpaired) electrons. The number of aldehydes is 1. The summed E-state index contributed by atoms with van der Waals surface area (Å²) < 4.78 is 40.1. The smallest absolute Gasteiger partial charge is 0.354 e. The fourth-order valence-corrected chi connectivity index (χ4v) is 3.22. The molecule has 2 aromatic rings. The number of aromatic nitrogens is 3. The fraction of sp³-hybridized carbons (Fsp3) is 0.438. The van der Waals surface area contributed by atoms with E-state index in [1.165, 1.54) is 6.92 Å². The van der Waals surface area contributed by atoms with Crippen LogP contribution >= 0.6 is 11.6 Å². The molecular formula is C16H17ClF3N5O. The second-order valence-corrected chi connectivity index (χ2v) is 6.33. The Kier molecular flexibility index (Phi) is 5.19. The maximum atomic E-state index is 13.0. The van der Waals surface area contributed by atoms with Crippen LogP contribution in [0, 0.1) is 6.92 Å². The van der Waals surface area contributed by atoms with Gasteiger partial charge in [0.05, 0.1) is 10.7 Å². The van der Waals surface area contributed by atoms with Crippen molar-refractivity contribution in [3.63, 3.8) is 0 Å². The van der Waals surface area contributed by atoms with Crippen molar-refractivity contribution in [1.82, 2.24) is 19.7 Å². The number of carbonyl (C=O) groups excluding carboxylic acids is 1. The van der Waals surface area contributed by atoms with E-state index in [2.05, 4.69) is 15.0 Å². The molecule has 1 fully saturated rings. The number of nitrogens with zero attached hydrogens (tertiary/aromatic N) is 5. The summed E-state index contributed by atoms with van der Waals surface area (Å²) in [5.74, 6) is 0.826. The van der Waals surface area contributed by atoms with Crippen LogP contribution in [-0.2, 0) is 11.0 Å². The van der Waals surface area contributed by atoms with Gasteiger partial charge in [-0.2, -0.15) is 18.3 Å². The third-order valence-corrected chi connectivity index (χ3v) is 4.83. The van der Waals surface area contributed by atoms with E-state index >= 15 is 0 Å². The standard InChI is InChI=1S/C16H17ClF3N5O/c1-11-14(17)15(16(18,19)20)22-25(11)13(10-26)24-8-6-23(7-9-24)12-4-2-3-5-21-12/h2-5,10,13H,6-9H2,1H3. The molecule has 3 rings (SSSR count). The molecule has 26 heavy (non-hydrogen) atoms. The lowest BCUT2D eigenvalue weighted by Gasteiger charge is -2.38. The van der Waals surface area contributed by atoms with Crippen molar-refractivity contribution in [2.75, 3.05) is 31.1 Å². The number of pyridine rings is 1. The molecule has 0 aromatic carbocycles. The van der Waals surface area contributed by atoms with E-state index < -0.39 is 23.1 Å². The van der Waals surface area contributed by atoms with Gasteiger partial charge < -0.3 is 4.90 Å². The number of rotatable bonds is 4. The summed E-state index contributed by atoms with van der Waals surface area (Å²) in [6.45, 7) is 3.59. The number of hydrogen-bond acceptors (Lipinski definition) is 5. The van der Waals surface area contributed by atoms with Gasteiger partial charge in [-0.15, -0.1) is 0 Å². The van der Waals surface area contributed by atoms with Gasteiger partial charge in [-0.1, -0.05) is 17.7 Å². The highest BCUT2D eigenvalue weighted by atomic mass is 35.5. The Hall–Kier alpha value is -2.13. The molecule has 0 amide bonds. The highest BCUT2D eigenvalue weighted by Gasteiger charge is 2.39. The molecule has 1 atom stereocenters. The van der Waals surface area contributed by atoms with Crippen molar-refractivity contribution in [1.29, 1.82) is 0 Å². The van der Waals surface area contributed by atoms with Crippen molar-refractivity contribution in [3.8, 4) is 0 Å². The Labute approximate surface area is 153 Å². The summed E-state index contributed by atoms with van der Waals surface area (Å²) >= 11 is 5.79. The first kappa shape index (κ1) is 18.7. The van der Waals surface area contributed by atoms with Gasteiger partial charge in [-0.05, 0) is 19.1 Å². The van der Waals surface area contributed by atoms with E-state index in [4.69, 9.17) is 11.6 Å². The summed E-state index contributed by atoms with van der Waals surface area (Å²) in [6.07, 6.45) is -3.32. The quantitative estimate of drug-likeness (QED) is 0.755. The molecule has 0 saturated carbocycles. The van der Waals surface area contributed by atoms with E-state index in [1.807, 2.05) is 18.2 Å². The minimum Gasteiger partial charge on any atom is -0.354 e. The predicted octanol–water partition coefficient (Wildman–Crippen LogP) is 2.78. The van der Waals surface area contributed by atoms with Crippen LogP contribution in [0.25, 0.3) is 0 Å². The Morgan fingerprint density at radius 1 is 1.23 bits per heavy atom. The minimum absolute atomic E-state index is 0.114. The summed E-state index contributed by atoms with van der Waals surface area (Å²) in [7, 11) is 0. The topological polar surface area (TPSA) is 54.3 Å². The van der Waals surface area contributed by atoms with E-state index in [-0.39, 0.29) is 5.69 Å². The molecular weight excluding hydrogens is 371 g/mol. The number of halogens is 4. The molecule has 0 spiro atoms. The van der Waals surface area contributed by atoms with Gasteiger partial charge in [0.1, 0.15) is 5.82 Å². The molecule has 3 heterocycles. The molecule has 0 N–H and O–H groups in total. The highest BCUT2D eigenvalue weighted by Crippen LogP contribution is 2.36. The van der Waals surface area contributed by atoms with Crippen LogP contribution in [0.2, 0.25) is 5.02 Å². The summed E-state index contributed by atoms with van der Waals surface area (Å²) in [6, 6.07) is 5.60. The van der Waals surface area contributed by atoms with Crippen LogP contribution in [0.4, 0.5) is 19.0 Å². The van der Waals surface area contributed by atoms with Gasteiger partial charge in [0.15, 0.2) is 18.1 Å². The average Bonchev–Trinajstić information content (AvgIpc) is 2.93. The van der Waals surface area contributed by atoms with E-state index in [0.717, 1.165) is 10.5 Å². The van der Waals surface area contributed by atoms with Crippen molar-refractivity contribution in [3.05, 3.63) is 40.8 Å². The van der Waals surface area contributed by atoms with Crippen LogP contribution in [0.15, 0.2) is 24.4 Å². The molecule has 10 heteroatoms. The Morgan fingerprint density at radius 3 is 2.42 bits per heavy atom. The first-order chi connectivity index (χ1) is 12.3. The lowest BCUT2D eigenvalue weighted by molar-refractivity contribution is -0.142. The number of hydrogen-bond donors (Lipinski definition) is 0. The molecule has 6 nitrogen and oxygen atoms in total. The Bertz CT molecular complexity index is 772. The Balaban J connectivity index is 1.78. The van der Waals surface area contributed by atoms with Crippen molar-refractivity contribution in [2.24, 2.45) is 0 Å². The zero-order valence-electron chi connectivity index (χ0n) is 13.9. The van der Waals surface area contributed by atoms with Gasteiger partial charge >= 0.3 is 6.18 Å². The van der Waals surface area contributed by atoms with Crippen molar-refractivity contribution < 1.29 is 18.0 Å². The van der Waals surface area contributed by atoms with E-state index in [0.29, 0.717) is 32.5 Å². The number of piperazine rings is 1. The molecule has 1 aliphatic rings. The van der Waals surface area contributed by atoms with Crippen LogP contribution in [-0.4, -0.2) is 52.1 Å². The van der Waals surface area contributed by atoms with Crippen LogP contribution in [0.1, 0.15) is 17.6 Å². The zero-order chi connectivity index (χ0) is 18.9. The van der Waals surface area contributed by atoms with Gasteiger partial charge in [-0.3, -0.25) is 9.69 Å².